The highest BCUT2D eigenvalue weighted by molar-refractivity contribution is 5.94. The summed E-state index contributed by atoms with van der Waals surface area (Å²) in [6, 6.07) is 15.8. The van der Waals surface area contributed by atoms with Crippen LogP contribution in [0.4, 0.5) is 0 Å². The fraction of sp³-hybridized carbons (Fsp3) is 0.444. The maximum absolute atomic E-state index is 13.2. The number of benzene rings is 2. The van der Waals surface area contributed by atoms with Crippen molar-refractivity contribution in [3.63, 3.8) is 0 Å². The van der Waals surface area contributed by atoms with Crippen molar-refractivity contribution in [2.75, 3.05) is 13.9 Å². The monoisotopic (exact) mass is 452 g/mol. The lowest BCUT2D eigenvalue weighted by Crippen LogP contribution is -2.41. The van der Waals surface area contributed by atoms with Gasteiger partial charge >= 0.3 is 5.97 Å². The fourth-order valence-electron chi connectivity index (χ4n) is 4.62. The minimum absolute atomic E-state index is 0.0447. The maximum atomic E-state index is 13.2. The van der Waals surface area contributed by atoms with E-state index in [1.54, 1.807) is 19.3 Å². The number of cyclic esters (lactones) is 1. The summed E-state index contributed by atoms with van der Waals surface area (Å²) in [5, 5.41) is 0. The van der Waals surface area contributed by atoms with Gasteiger partial charge in [-0.2, -0.15) is 0 Å². The molecule has 0 radical (unpaired) electrons. The van der Waals surface area contributed by atoms with Crippen molar-refractivity contribution < 1.29 is 28.5 Å². The van der Waals surface area contributed by atoms with Gasteiger partial charge in [0.05, 0.1) is 24.9 Å². The van der Waals surface area contributed by atoms with Crippen molar-refractivity contribution in [3.05, 3.63) is 77.9 Å². The van der Waals surface area contributed by atoms with E-state index in [2.05, 4.69) is 18.7 Å². The Morgan fingerprint density at radius 2 is 1.88 bits per heavy atom. The first-order valence-electron chi connectivity index (χ1n) is 11.5. The molecule has 2 aromatic carbocycles. The molecule has 0 aromatic heterocycles. The molecule has 2 aliphatic rings. The van der Waals surface area contributed by atoms with E-state index >= 15 is 0 Å². The molecule has 0 amide bonds. The first kappa shape index (κ1) is 23.5. The second-order valence-corrected chi connectivity index (χ2v) is 8.60. The standard InChI is InChI=1S/C27H32O6/c1-3-8-21-14-24-16-22(30-17-19-9-5-4-6-10-19)15-23(32-24)13-20-11-7-12-25(31-18-29-2)26(20)27(28)33-21/h3-7,9-12,21-24H,1,8,13-18H2,2H3/t21-,22+,23-,24-/m0/s1. The van der Waals surface area contributed by atoms with Crippen LogP contribution in [-0.4, -0.2) is 44.3 Å². The van der Waals surface area contributed by atoms with Crippen molar-refractivity contribution in [2.45, 2.75) is 63.1 Å². The molecule has 4 atom stereocenters. The number of esters is 1. The molecule has 1 saturated heterocycles. The number of ether oxygens (including phenoxy) is 5. The molecule has 2 heterocycles. The van der Waals surface area contributed by atoms with Gasteiger partial charge in [-0.25, -0.2) is 4.79 Å². The molecular formula is C27H32O6. The molecule has 176 valence electrons. The zero-order chi connectivity index (χ0) is 23.0. The van der Waals surface area contributed by atoms with Gasteiger partial charge in [0.15, 0.2) is 6.79 Å². The van der Waals surface area contributed by atoms with Crippen LogP contribution in [0.15, 0.2) is 61.2 Å². The molecule has 1 fully saturated rings. The Bertz CT molecular complexity index is 927. The quantitative estimate of drug-likeness (QED) is 0.324. The van der Waals surface area contributed by atoms with Gasteiger partial charge in [-0.15, -0.1) is 6.58 Å². The molecule has 6 nitrogen and oxygen atoms in total. The number of carbonyl (C=O) groups excluding carboxylic acids is 1. The van der Waals surface area contributed by atoms with Gasteiger partial charge < -0.3 is 23.7 Å². The van der Waals surface area contributed by atoms with Crippen LogP contribution in [0, 0.1) is 0 Å². The molecule has 0 unspecified atom stereocenters. The normalized spacial score (nSPS) is 24.9. The van der Waals surface area contributed by atoms with Crippen molar-refractivity contribution in [3.8, 4) is 5.75 Å². The zero-order valence-electron chi connectivity index (χ0n) is 19.1. The number of hydrogen-bond donors (Lipinski definition) is 0. The summed E-state index contributed by atoms with van der Waals surface area (Å²) in [6.07, 6.45) is 4.72. The Balaban J connectivity index is 1.58. The summed E-state index contributed by atoms with van der Waals surface area (Å²) in [5.41, 5.74) is 2.44. The van der Waals surface area contributed by atoms with Crippen LogP contribution in [0.5, 0.6) is 5.75 Å². The third-order valence-corrected chi connectivity index (χ3v) is 6.09. The predicted molar refractivity (Wildman–Crippen MR) is 124 cm³/mol. The Morgan fingerprint density at radius 1 is 1.06 bits per heavy atom. The smallest absolute Gasteiger partial charge is 0.342 e. The van der Waals surface area contributed by atoms with Crippen molar-refractivity contribution >= 4 is 5.97 Å². The minimum Gasteiger partial charge on any atom is -0.467 e. The van der Waals surface area contributed by atoms with Gasteiger partial charge in [0.1, 0.15) is 17.4 Å². The first-order chi connectivity index (χ1) is 16.2. The summed E-state index contributed by atoms with van der Waals surface area (Å²) in [5.74, 6) is 0.0851. The van der Waals surface area contributed by atoms with Crippen molar-refractivity contribution in [2.24, 2.45) is 0 Å². The first-order valence-corrected chi connectivity index (χ1v) is 11.5. The van der Waals surface area contributed by atoms with E-state index in [9.17, 15) is 4.79 Å². The van der Waals surface area contributed by atoms with Crippen molar-refractivity contribution in [1.82, 2.24) is 0 Å². The molecule has 0 aliphatic carbocycles. The lowest BCUT2D eigenvalue weighted by molar-refractivity contribution is -0.129. The minimum atomic E-state index is -0.375. The summed E-state index contributed by atoms with van der Waals surface area (Å²) < 4.78 is 29.4. The molecule has 33 heavy (non-hydrogen) atoms. The Morgan fingerprint density at radius 3 is 2.67 bits per heavy atom. The number of rotatable bonds is 8. The fourth-order valence-corrected chi connectivity index (χ4v) is 4.62. The Labute approximate surface area is 195 Å². The number of methoxy groups -OCH3 is 1. The van der Waals surface area contributed by atoms with Crippen LogP contribution in [0.25, 0.3) is 0 Å². The topological polar surface area (TPSA) is 63.2 Å². The highest BCUT2D eigenvalue weighted by Crippen LogP contribution is 2.33. The molecule has 2 aliphatic heterocycles. The van der Waals surface area contributed by atoms with Crippen LogP contribution < -0.4 is 4.74 Å². The number of carbonyl (C=O) groups is 1. The highest BCUT2D eigenvalue weighted by atomic mass is 16.7. The summed E-state index contributed by atoms with van der Waals surface area (Å²) in [6.45, 7) is 4.46. The van der Waals surface area contributed by atoms with Crippen LogP contribution in [0.1, 0.15) is 47.2 Å². The van der Waals surface area contributed by atoms with Gasteiger partial charge in [-0.3, -0.25) is 0 Å². The van der Waals surface area contributed by atoms with Crippen LogP contribution in [0.2, 0.25) is 0 Å². The van der Waals surface area contributed by atoms with Crippen LogP contribution in [0.3, 0.4) is 0 Å². The summed E-state index contributed by atoms with van der Waals surface area (Å²) in [4.78, 5) is 13.2. The average Bonchev–Trinajstić information content (AvgIpc) is 2.81. The molecule has 0 spiro atoms. The van der Waals surface area contributed by atoms with E-state index in [0.717, 1.165) is 24.0 Å². The van der Waals surface area contributed by atoms with Gasteiger partial charge in [0, 0.05) is 32.8 Å². The molecule has 0 N–H and O–H groups in total. The molecule has 0 saturated carbocycles. The summed E-state index contributed by atoms with van der Waals surface area (Å²) >= 11 is 0. The highest BCUT2D eigenvalue weighted by Gasteiger charge is 2.35. The van der Waals surface area contributed by atoms with E-state index < -0.39 is 0 Å². The van der Waals surface area contributed by atoms with E-state index in [1.807, 2.05) is 30.3 Å². The number of fused-ring (bicyclic) bond motifs is 3. The van der Waals surface area contributed by atoms with Gasteiger partial charge in [0.25, 0.3) is 0 Å². The molecular weight excluding hydrogens is 420 g/mol. The van der Waals surface area contributed by atoms with E-state index in [0.29, 0.717) is 37.2 Å². The molecule has 6 heteroatoms. The Kier molecular flexibility index (Phi) is 8.15. The summed E-state index contributed by atoms with van der Waals surface area (Å²) in [7, 11) is 1.55. The van der Waals surface area contributed by atoms with Gasteiger partial charge in [-0.1, -0.05) is 48.5 Å². The SMILES string of the molecule is C=CC[C@H]1C[C@H]2C[C@H](OCc3ccccc3)C[C@H](Cc3cccc(OCOC)c3C(=O)O1)O2. The second-order valence-electron chi connectivity index (χ2n) is 8.60. The Hall–Kier alpha value is -2.67. The lowest BCUT2D eigenvalue weighted by Gasteiger charge is -2.38. The predicted octanol–water partition coefficient (Wildman–Crippen LogP) is 4.85. The zero-order valence-corrected chi connectivity index (χ0v) is 19.1. The third kappa shape index (κ3) is 6.22. The van der Waals surface area contributed by atoms with E-state index in [-0.39, 0.29) is 37.2 Å². The van der Waals surface area contributed by atoms with Gasteiger partial charge in [0.2, 0.25) is 0 Å². The number of hydrogen-bond acceptors (Lipinski definition) is 6. The average molecular weight is 453 g/mol. The lowest BCUT2D eigenvalue weighted by atomic mass is 9.91. The van der Waals surface area contributed by atoms with Crippen LogP contribution in [-0.2, 0) is 32.0 Å². The largest absolute Gasteiger partial charge is 0.467 e. The van der Waals surface area contributed by atoms with Gasteiger partial charge in [-0.05, 0) is 23.6 Å². The van der Waals surface area contributed by atoms with Crippen LogP contribution >= 0.6 is 0 Å². The van der Waals surface area contributed by atoms with E-state index in [4.69, 9.17) is 23.7 Å². The molecule has 2 bridgehead atoms. The third-order valence-electron chi connectivity index (χ3n) is 6.09. The van der Waals surface area contributed by atoms with Crippen molar-refractivity contribution in [1.29, 1.82) is 0 Å². The molecule has 2 aromatic rings. The maximum Gasteiger partial charge on any atom is 0.342 e. The molecule has 4 rings (SSSR count). The second kappa shape index (κ2) is 11.5. The van der Waals surface area contributed by atoms with E-state index in [1.165, 1.54) is 0 Å².